The molecular weight excluding hydrogens is 476 g/mol. The van der Waals surface area contributed by atoms with Crippen LogP contribution in [0, 0.1) is 0 Å². The fourth-order valence-electron chi connectivity index (χ4n) is 3.23. The van der Waals surface area contributed by atoms with Crippen molar-refractivity contribution in [2.45, 2.75) is 16.6 Å². The van der Waals surface area contributed by atoms with E-state index in [-0.39, 0.29) is 28.7 Å². The molecule has 9 nitrogen and oxygen atoms in total. The first-order valence-electron chi connectivity index (χ1n) is 10.2. The molecule has 0 bridgehead atoms. The van der Waals surface area contributed by atoms with Crippen LogP contribution in [0.1, 0.15) is 5.76 Å². The number of nitrogens with zero attached hydrogens (tertiary/aromatic N) is 3. The lowest BCUT2D eigenvalue weighted by Gasteiger charge is -2.13. The van der Waals surface area contributed by atoms with Gasteiger partial charge in [0, 0.05) is 19.8 Å². The zero-order valence-corrected chi connectivity index (χ0v) is 20.1. The summed E-state index contributed by atoms with van der Waals surface area (Å²) >= 11 is 1.11. The first-order valence-corrected chi connectivity index (χ1v) is 12.7. The molecular formula is C23H22N4O5S2. The number of rotatable bonds is 8. The van der Waals surface area contributed by atoms with Crippen molar-refractivity contribution in [2.24, 2.45) is 0 Å². The standard InChI is InChI=1S/C23H22N4O5S2/c1-26(2)34(30,31)18-9-5-7-16(13-18)24-21(28)15-33-23-25-20-11-4-3-10-19(20)22(29)27(23)14-17-8-6-12-32-17/h3-13H,14-15H2,1-2H3,(H,24,28). The lowest BCUT2D eigenvalue weighted by atomic mass is 10.2. The number of carbonyl (C=O) groups excluding carboxylic acids is 1. The van der Waals surface area contributed by atoms with Crippen molar-refractivity contribution in [1.29, 1.82) is 0 Å². The zero-order chi connectivity index (χ0) is 24.3. The van der Waals surface area contributed by atoms with E-state index >= 15 is 0 Å². The van der Waals surface area contributed by atoms with Gasteiger partial charge in [-0.25, -0.2) is 17.7 Å². The van der Waals surface area contributed by atoms with Crippen LogP contribution in [-0.4, -0.2) is 48.0 Å². The number of carbonyl (C=O) groups is 1. The number of nitrogens with one attached hydrogen (secondary N) is 1. The highest BCUT2D eigenvalue weighted by atomic mass is 32.2. The average molecular weight is 499 g/mol. The van der Waals surface area contributed by atoms with Gasteiger partial charge in [0.05, 0.1) is 34.4 Å². The topological polar surface area (TPSA) is 115 Å². The maximum Gasteiger partial charge on any atom is 0.262 e. The molecule has 4 rings (SSSR count). The van der Waals surface area contributed by atoms with Crippen LogP contribution >= 0.6 is 11.8 Å². The minimum Gasteiger partial charge on any atom is -0.467 e. The van der Waals surface area contributed by atoms with E-state index in [9.17, 15) is 18.0 Å². The number of hydrogen-bond acceptors (Lipinski definition) is 7. The number of sulfonamides is 1. The average Bonchev–Trinajstić information content (AvgIpc) is 3.33. The molecule has 0 atom stereocenters. The van der Waals surface area contributed by atoms with Gasteiger partial charge >= 0.3 is 0 Å². The van der Waals surface area contributed by atoms with Crippen molar-refractivity contribution in [1.82, 2.24) is 13.9 Å². The van der Waals surface area contributed by atoms with E-state index in [0.29, 0.717) is 27.5 Å². The molecule has 0 aliphatic carbocycles. The van der Waals surface area contributed by atoms with Crippen LogP contribution in [0.4, 0.5) is 5.69 Å². The van der Waals surface area contributed by atoms with E-state index in [2.05, 4.69) is 10.3 Å². The Morgan fingerprint density at radius 1 is 1.12 bits per heavy atom. The van der Waals surface area contributed by atoms with E-state index in [1.807, 2.05) is 0 Å². The second kappa shape index (κ2) is 9.84. The Hall–Kier alpha value is -3.41. The molecule has 0 saturated heterocycles. The van der Waals surface area contributed by atoms with Gasteiger partial charge in [0.1, 0.15) is 5.76 Å². The van der Waals surface area contributed by atoms with Gasteiger partial charge in [0.2, 0.25) is 15.9 Å². The summed E-state index contributed by atoms with van der Waals surface area (Å²) in [6.07, 6.45) is 1.53. The summed E-state index contributed by atoms with van der Waals surface area (Å²) in [5, 5.41) is 3.55. The molecule has 0 aliphatic rings. The predicted octanol–water partition coefficient (Wildman–Crippen LogP) is 3.02. The molecule has 2 aromatic carbocycles. The minimum absolute atomic E-state index is 0.0341. The first kappa shape index (κ1) is 23.7. The summed E-state index contributed by atoms with van der Waals surface area (Å²) in [4.78, 5) is 30.4. The van der Waals surface area contributed by atoms with E-state index in [4.69, 9.17) is 4.42 Å². The molecule has 0 radical (unpaired) electrons. The van der Waals surface area contributed by atoms with Crippen LogP contribution in [0.25, 0.3) is 10.9 Å². The van der Waals surface area contributed by atoms with Crippen LogP contribution < -0.4 is 10.9 Å². The van der Waals surface area contributed by atoms with Gasteiger partial charge in [-0.3, -0.25) is 14.2 Å². The highest BCUT2D eigenvalue weighted by Gasteiger charge is 2.18. The fourth-order valence-corrected chi connectivity index (χ4v) is 4.97. The van der Waals surface area contributed by atoms with Crippen molar-refractivity contribution < 1.29 is 17.6 Å². The third-order valence-electron chi connectivity index (χ3n) is 4.95. The quantitative estimate of drug-likeness (QED) is 0.293. The van der Waals surface area contributed by atoms with Crippen LogP contribution in [0.5, 0.6) is 0 Å². The molecule has 0 aliphatic heterocycles. The van der Waals surface area contributed by atoms with Gasteiger partial charge in [-0.15, -0.1) is 0 Å². The Labute approximate surface area is 200 Å². The summed E-state index contributed by atoms with van der Waals surface area (Å²) in [6, 6.07) is 16.6. The second-order valence-corrected chi connectivity index (χ2v) is 10.6. The third kappa shape index (κ3) is 5.06. The molecule has 4 aromatic rings. The highest BCUT2D eigenvalue weighted by Crippen LogP contribution is 2.21. The summed E-state index contributed by atoms with van der Waals surface area (Å²) in [5.41, 5.74) is 0.659. The maximum atomic E-state index is 13.1. The van der Waals surface area contributed by atoms with Crippen molar-refractivity contribution in [3.63, 3.8) is 0 Å². The summed E-state index contributed by atoms with van der Waals surface area (Å²) < 4.78 is 32.7. The van der Waals surface area contributed by atoms with Crippen molar-refractivity contribution in [3.05, 3.63) is 83.0 Å². The number of hydrogen-bond donors (Lipinski definition) is 1. The summed E-state index contributed by atoms with van der Waals surface area (Å²) in [5.74, 6) is 0.189. The first-order chi connectivity index (χ1) is 16.3. The zero-order valence-electron chi connectivity index (χ0n) is 18.5. The van der Waals surface area contributed by atoms with E-state index in [1.165, 1.54) is 37.1 Å². The third-order valence-corrected chi connectivity index (χ3v) is 7.74. The molecule has 0 fully saturated rings. The molecule has 0 saturated carbocycles. The fraction of sp³-hybridized carbons (Fsp3) is 0.174. The second-order valence-electron chi connectivity index (χ2n) is 7.53. The lowest BCUT2D eigenvalue weighted by Crippen LogP contribution is -2.25. The molecule has 0 unspecified atom stereocenters. The van der Waals surface area contributed by atoms with E-state index in [1.54, 1.807) is 48.5 Å². The number of anilines is 1. The number of benzene rings is 2. The van der Waals surface area contributed by atoms with E-state index in [0.717, 1.165) is 16.1 Å². The molecule has 0 spiro atoms. The van der Waals surface area contributed by atoms with Crippen LogP contribution in [0.3, 0.4) is 0 Å². The molecule has 176 valence electrons. The number of furan rings is 1. The molecule has 2 aromatic heterocycles. The monoisotopic (exact) mass is 498 g/mol. The molecule has 11 heteroatoms. The van der Waals surface area contributed by atoms with Crippen LogP contribution in [-0.2, 0) is 21.4 Å². The lowest BCUT2D eigenvalue weighted by molar-refractivity contribution is -0.113. The molecule has 1 N–H and O–H groups in total. The summed E-state index contributed by atoms with van der Waals surface area (Å²) in [7, 11) is -0.746. The van der Waals surface area contributed by atoms with Crippen molar-refractivity contribution in [3.8, 4) is 0 Å². The number of fused-ring (bicyclic) bond motifs is 1. The van der Waals surface area contributed by atoms with Gasteiger partial charge in [-0.2, -0.15) is 0 Å². The SMILES string of the molecule is CN(C)S(=O)(=O)c1cccc(NC(=O)CSc2nc3ccccc3c(=O)n2Cc2ccco2)c1. The van der Waals surface area contributed by atoms with Gasteiger partial charge in [-0.05, 0) is 42.5 Å². The Morgan fingerprint density at radius 2 is 1.91 bits per heavy atom. The molecule has 2 heterocycles. The Balaban J connectivity index is 1.55. The van der Waals surface area contributed by atoms with E-state index < -0.39 is 10.0 Å². The molecule has 34 heavy (non-hydrogen) atoms. The number of para-hydroxylation sites is 1. The minimum atomic E-state index is -3.63. The number of thioether (sulfide) groups is 1. The smallest absolute Gasteiger partial charge is 0.262 e. The highest BCUT2D eigenvalue weighted by molar-refractivity contribution is 7.99. The van der Waals surface area contributed by atoms with Gasteiger partial charge < -0.3 is 9.73 Å². The van der Waals surface area contributed by atoms with Crippen molar-refractivity contribution in [2.75, 3.05) is 25.2 Å². The van der Waals surface area contributed by atoms with Crippen molar-refractivity contribution >= 4 is 44.3 Å². The maximum absolute atomic E-state index is 13.1. The van der Waals surface area contributed by atoms with Crippen LogP contribution in [0.15, 0.2) is 86.2 Å². The van der Waals surface area contributed by atoms with Crippen LogP contribution in [0.2, 0.25) is 0 Å². The Bertz CT molecular complexity index is 1500. The van der Waals surface area contributed by atoms with Gasteiger partial charge in [-0.1, -0.05) is 30.0 Å². The van der Waals surface area contributed by atoms with Gasteiger partial charge in [0.25, 0.3) is 5.56 Å². The van der Waals surface area contributed by atoms with Gasteiger partial charge in [0.15, 0.2) is 5.16 Å². The predicted molar refractivity (Wildman–Crippen MR) is 130 cm³/mol. The summed E-state index contributed by atoms with van der Waals surface area (Å²) in [6.45, 7) is 0.179. The normalized spacial score (nSPS) is 11.7. The number of aromatic nitrogens is 2. The largest absolute Gasteiger partial charge is 0.467 e. The number of amides is 1. The Kier molecular flexibility index (Phi) is 6.87. The Morgan fingerprint density at radius 3 is 2.65 bits per heavy atom. The molecule has 1 amide bonds.